The Labute approximate surface area is 450 Å². The van der Waals surface area contributed by atoms with Gasteiger partial charge in [0, 0.05) is 35.5 Å². The van der Waals surface area contributed by atoms with Gasteiger partial charge in [-0.05, 0) is 104 Å². The molecule has 5 aromatic carbocycles. The Bertz CT molecular complexity index is 2630. The molecule has 0 spiro atoms. The number of hydrogen-bond acceptors (Lipinski definition) is 9. The van der Waals surface area contributed by atoms with E-state index in [4.69, 9.17) is 14.2 Å². The van der Waals surface area contributed by atoms with Crippen molar-refractivity contribution in [2.45, 2.75) is 124 Å². The van der Waals surface area contributed by atoms with Crippen molar-refractivity contribution < 1.29 is 28.6 Å². The van der Waals surface area contributed by atoms with E-state index in [1.54, 1.807) is 31.6 Å². The van der Waals surface area contributed by atoms with E-state index in [1.165, 1.54) is 37.0 Å². The van der Waals surface area contributed by atoms with Crippen molar-refractivity contribution in [1.82, 2.24) is 9.97 Å². The van der Waals surface area contributed by atoms with Gasteiger partial charge in [0.05, 0.1) is 20.1 Å². The lowest BCUT2D eigenvalue weighted by Gasteiger charge is -2.33. The van der Waals surface area contributed by atoms with E-state index in [2.05, 4.69) is 22.1 Å². The number of aryl methyl sites for hydroxylation is 1. The van der Waals surface area contributed by atoms with Gasteiger partial charge in [-0.2, -0.15) is 0 Å². The number of carbonyl (C=O) groups excluding carboxylic acids is 3. The van der Waals surface area contributed by atoms with Crippen LogP contribution in [-0.2, 0) is 27.3 Å². The number of carbonyl (C=O) groups is 3. The molecule has 0 N–H and O–H groups in total. The van der Waals surface area contributed by atoms with Gasteiger partial charge in [-0.25, -0.2) is 9.97 Å². The van der Waals surface area contributed by atoms with Crippen LogP contribution in [-0.4, -0.2) is 60.1 Å². The monoisotopic (exact) mass is 1030 g/mol. The van der Waals surface area contributed by atoms with Crippen LogP contribution in [0.2, 0.25) is 0 Å². The minimum Gasteiger partial charge on any atom is -0.497 e. The Morgan fingerprint density at radius 2 is 1.01 bits per heavy atom. The fourth-order valence-electron chi connectivity index (χ4n) is 8.92. The smallest absolute Gasteiger partial charge is 0.266 e. The molecule has 7 aromatic rings. The number of benzene rings is 5. The van der Waals surface area contributed by atoms with Crippen molar-refractivity contribution in [2.75, 3.05) is 35.0 Å². The van der Waals surface area contributed by atoms with E-state index in [0.29, 0.717) is 24.5 Å². The number of rotatable bonds is 16. The van der Waals surface area contributed by atoms with Gasteiger partial charge in [0.15, 0.2) is 18.3 Å². The summed E-state index contributed by atoms with van der Waals surface area (Å²) < 4.78 is 16.4. The molecule has 12 heteroatoms. The van der Waals surface area contributed by atoms with Gasteiger partial charge in [0.2, 0.25) is 5.91 Å². The number of aromatic nitrogens is 2. The van der Waals surface area contributed by atoms with E-state index in [0.717, 1.165) is 77.5 Å². The highest BCUT2D eigenvalue weighted by Crippen LogP contribution is 2.30. The molecule has 2 saturated carbocycles. The van der Waals surface area contributed by atoms with Gasteiger partial charge < -0.3 is 19.1 Å². The number of pyridine rings is 1. The fourth-order valence-corrected chi connectivity index (χ4v) is 9.65. The molecule has 0 radical (unpaired) electrons. The summed E-state index contributed by atoms with van der Waals surface area (Å²) in [5.74, 6) is 2.89. The fraction of sp³-hybridized carbons (Fsp3) is 0.349. The van der Waals surface area contributed by atoms with Crippen LogP contribution in [0, 0.1) is 6.92 Å². The molecule has 2 aliphatic carbocycles. The van der Waals surface area contributed by atoms with Crippen LogP contribution >= 0.6 is 11.3 Å². The zero-order valence-electron chi connectivity index (χ0n) is 44.9. The van der Waals surface area contributed by atoms with Crippen LogP contribution in [0.3, 0.4) is 0 Å². The predicted molar refractivity (Wildman–Crippen MR) is 307 cm³/mol. The SMILES string of the molecule is CC.CC.COc1ccc(OCC(=O)N(c2ccccn2)C2CCCCC2)cc1.Cc1ccccc1N(Cc1ccccc1)C(=O)Cc1ccccc1.O=C(COc1ccccc1)N(c1nccs1)C1CCCCC1. The highest BCUT2D eigenvalue weighted by atomic mass is 32.1. The quantitative estimate of drug-likeness (QED) is 0.0940. The maximum absolute atomic E-state index is 13.0. The van der Waals surface area contributed by atoms with Gasteiger partial charge >= 0.3 is 0 Å². The molecular weight excluding hydrogens is 955 g/mol. The van der Waals surface area contributed by atoms with Crippen LogP contribution in [0.5, 0.6) is 17.2 Å². The summed E-state index contributed by atoms with van der Waals surface area (Å²) in [5, 5.41) is 2.70. The van der Waals surface area contributed by atoms with Crippen molar-refractivity contribution in [3.8, 4) is 17.2 Å². The topological polar surface area (TPSA) is 114 Å². The molecule has 2 aromatic heterocycles. The number of amides is 3. The number of thiazole rings is 1. The minimum absolute atomic E-state index is 0.000592. The van der Waals surface area contributed by atoms with Crippen molar-refractivity contribution in [1.29, 1.82) is 0 Å². The number of methoxy groups -OCH3 is 1. The molecule has 0 bridgehead atoms. The van der Waals surface area contributed by atoms with Gasteiger partial charge in [-0.15, -0.1) is 11.3 Å². The van der Waals surface area contributed by atoms with Crippen molar-refractivity contribution >= 4 is 45.7 Å². The largest absolute Gasteiger partial charge is 0.497 e. The number of anilines is 3. The van der Waals surface area contributed by atoms with Crippen LogP contribution < -0.4 is 28.9 Å². The Morgan fingerprint density at radius 3 is 1.55 bits per heavy atom. The lowest BCUT2D eigenvalue weighted by Crippen LogP contribution is -2.44. The van der Waals surface area contributed by atoms with Gasteiger partial charge in [-0.3, -0.25) is 24.2 Å². The Kier molecular flexibility index (Phi) is 26.2. The van der Waals surface area contributed by atoms with E-state index in [1.807, 2.05) is 188 Å². The van der Waals surface area contributed by atoms with Crippen LogP contribution in [0.15, 0.2) is 175 Å². The first-order chi connectivity index (χ1) is 36.9. The van der Waals surface area contributed by atoms with Gasteiger partial charge in [-0.1, -0.05) is 169 Å². The van der Waals surface area contributed by atoms with Crippen molar-refractivity contribution in [3.05, 3.63) is 192 Å². The van der Waals surface area contributed by atoms with Crippen LogP contribution in [0.25, 0.3) is 0 Å². The third kappa shape index (κ3) is 19.2. The highest BCUT2D eigenvalue weighted by Gasteiger charge is 2.30. The summed E-state index contributed by atoms with van der Waals surface area (Å²) in [6, 6.07) is 50.9. The summed E-state index contributed by atoms with van der Waals surface area (Å²) in [6.07, 6.45) is 15.2. The number of hydrogen-bond donors (Lipinski definition) is 0. The molecule has 396 valence electrons. The Balaban J connectivity index is 0.000000201. The summed E-state index contributed by atoms with van der Waals surface area (Å²) in [6.45, 7) is 10.7. The summed E-state index contributed by atoms with van der Waals surface area (Å²) >= 11 is 1.51. The number of nitrogens with zero attached hydrogens (tertiary/aromatic N) is 5. The number of para-hydroxylation sites is 2. The lowest BCUT2D eigenvalue weighted by molar-refractivity contribution is -0.122. The maximum atomic E-state index is 13.0. The highest BCUT2D eigenvalue weighted by molar-refractivity contribution is 7.13. The zero-order valence-corrected chi connectivity index (χ0v) is 45.7. The maximum Gasteiger partial charge on any atom is 0.266 e. The standard InChI is InChI=1S/C22H21NO.C20H24N2O3.C17H20N2O2S.2C2H6/c1-18-10-8-9-15-21(18)23(17-20-13-6-3-7-14-20)22(24)16-19-11-4-2-5-12-19;1-24-17-10-12-18(13-11-17)25-15-20(23)22(16-7-3-2-4-8-16)19-9-5-6-14-21-19;20-16(13-21-15-9-5-2-6-10-15)19(17-18-11-12-22-17)14-7-3-1-4-8-14;2*1-2/h2-15H,16-17H2,1H3;5-6,9-14,16H,2-4,7-8,15H2,1H3;2,5-6,9-12,14H,1,3-4,7-8,13H2;2*1-2H3. The minimum atomic E-state index is -0.0542. The molecular formula is C63H77N5O6S. The lowest BCUT2D eigenvalue weighted by atomic mass is 9.94. The second-order valence-corrected chi connectivity index (χ2v) is 18.5. The molecule has 11 nitrogen and oxygen atoms in total. The third-order valence-corrected chi connectivity index (χ3v) is 13.3. The van der Waals surface area contributed by atoms with E-state index < -0.39 is 0 Å². The van der Waals surface area contributed by atoms with Crippen LogP contribution in [0.1, 0.15) is 109 Å². The van der Waals surface area contributed by atoms with Gasteiger partial charge in [0.1, 0.15) is 23.1 Å². The molecule has 2 fully saturated rings. The molecule has 3 amide bonds. The van der Waals surface area contributed by atoms with Crippen LogP contribution in [0.4, 0.5) is 16.6 Å². The average Bonchev–Trinajstić information content (AvgIpc) is 4.01. The van der Waals surface area contributed by atoms with E-state index in [9.17, 15) is 14.4 Å². The molecule has 75 heavy (non-hydrogen) atoms. The molecule has 2 heterocycles. The van der Waals surface area contributed by atoms with E-state index >= 15 is 0 Å². The molecule has 0 atom stereocenters. The molecule has 0 saturated heterocycles. The normalized spacial score (nSPS) is 12.9. The van der Waals surface area contributed by atoms with Gasteiger partial charge in [0.25, 0.3) is 11.8 Å². The number of ether oxygens (including phenoxy) is 3. The summed E-state index contributed by atoms with van der Waals surface area (Å²) in [5.41, 5.74) is 4.24. The van der Waals surface area contributed by atoms with Crippen molar-refractivity contribution in [2.24, 2.45) is 0 Å². The zero-order chi connectivity index (χ0) is 53.5. The predicted octanol–water partition coefficient (Wildman–Crippen LogP) is 14.5. The third-order valence-electron chi connectivity index (χ3n) is 12.6. The molecule has 9 rings (SSSR count). The Hall–Kier alpha value is -7.31. The molecule has 2 aliphatic rings. The first kappa shape index (κ1) is 58.6. The second-order valence-electron chi connectivity index (χ2n) is 17.6. The second kappa shape index (κ2) is 33.5. The van der Waals surface area contributed by atoms with Crippen molar-refractivity contribution in [3.63, 3.8) is 0 Å². The Morgan fingerprint density at radius 1 is 0.520 bits per heavy atom. The van der Waals surface area contributed by atoms with E-state index in [-0.39, 0.29) is 43.0 Å². The molecule has 0 aliphatic heterocycles. The average molecular weight is 1030 g/mol. The first-order valence-electron chi connectivity index (χ1n) is 26.7. The molecule has 0 unspecified atom stereocenters. The summed E-state index contributed by atoms with van der Waals surface area (Å²) in [4.78, 5) is 52.8. The first-order valence-corrected chi connectivity index (χ1v) is 27.6. The summed E-state index contributed by atoms with van der Waals surface area (Å²) in [7, 11) is 1.62.